The highest BCUT2D eigenvalue weighted by Gasteiger charge is 2.33. The van der Waals surface area contributed by atoms with E-state index in [1.54, 1.807) is 32.4 Å². The Balaban J connectivity index is 1.93. The number of benzene rings is 2. The number of methoxy groups -OCH3 is 2. The van der Waals surface area contributed by atoms with Crippen molar-refractivity contribution < 1.29 is 14.3 Å². The third kappa shape index (κ3) is 3.47. The molecule has 1 aliphatic rings. The molecule has 0 unspecified atom stereocenters. The molecule has 5 heteroatoms. The van der Waals surface area contributed by atoms with E-state index in [1.165, 1.54) is 16.7 Å². The van der Waals surface area contributed by atoms with E-state index in [2.05, 4.69) is 32.0 Å². The van der Waals surface area contributed by atoms with Crippen molar-refractivity contribution >= 4 is 17.7 Å². The molecule has 2 aromatic rings. The molecule has 1 aliphatic heterocycles. The van der Waals surface area contributed by atoms with Crippen molar-refractivity contribution in [3.63, 3.8) is 0 Å². The molecular formula is C20H23NO3S. The summed E-state index contributed by atoms with van der Waals surface area (Å²) in [6.07, 6.45) is 0. The van der Waals surface area contributed by atoms with Crippen LogP contribution in [-0.4, -0.2) is 37.3 Å². The lowest BCUT2D eigenvalue weighted by atomic mass is 10.0. The van der Waals surface area contributed by atoms with Crippen LogP contribution in [-0.2, 0) is 0 Å². The third-order valence-electron chi connectivity index (χ3n) is 4.48. The van der Waals surface area contributed by atoms with Crippen molar-refractivity contribution in [3.05, 3.63) is 58.7 Å². The maximum Gasteiger partial charge on any atom is 0.258 e. The summed E-state index contributed by atoms with van der Waals surface area (Å²) in [6, 6.07) is 11.7. The lowest BCUT2D eigenvalue weighted by Gasteiger charge is -2.26. The van der Waals surface area contributed by atoms with Gasteiger partial charge in [-0.2, -0.15) is 0 Å². The highest BCUT2D eigenvalue weighted by atomic mass is 32.2. The van der Waals surface area contributed by atoms with Gasteiger partial charge in [0.15, 0.2) is 0 Å². The van der Waals surface area contributed by atoms with Gasteiger partial charge in [0.2, 0.25) is 0 Å². The standard InChI is InChI=1S/C20H23NO3S/c1-13-5-7-16(14(2)11-13)20-21(9-10-25-20)19(22)17-8-6-15(23-3)12-18(17)24-4/h5-8,11-12,20H,9-10H2,1-4H3/t20-/m0/s1. The zero-order valence-corrected chi connectivity index (χ0v) is 15.9. The van der Waals surface area contributed by atoms with Crippen LogP contribution in [0.5, 0.6) is 11.5 Å². The van der Waals surface area contributed by atoms with Gasteiger partial charge in [-0.25, -0.2) is 0 Å². The first-order chi connectivity index (χ1) is 12.0. The zero-order valence-electron chi connectivity index (χ0n) is 15.0. The number of hydrogen-bond acceptors (Lipinski definition) is 4. The Morgan fingerprint density at radius 3 is 2.60 bits per heavy atom. The molecule has 1 saturated heterocycles. The average Bonchev–Trinajstić information content (AvgIpc) is 3.09. The van der Waals surface area contributed by atoms with Gasteiger partial charge in [0.25, 0.3) is 5.91 Å². The predicted molar refractivity (Wildman–Crippen MR) is 102 cm³/mol. The average molecular weight is 357 g/mol. The third-order valence-corrected chi connectivity index (χ3v) is 5.72. The molecule has 1 heterocycles. The summed E-state index contributed by atoms with van der Waals surface area (Å²) in [4.78, 5) is 15.1. The summed E-state index contributed by atoms with van der Waals surface area (Å²) in [5.74, 6) is 2.15. The Morgan fingerprint density at radius 1 is 1.12 bits per heavy atom. The molecule has 0 bridgehead atoms. The highest BCUT2D eigenvalue weighted by Crippen LogP contribution is 2.41. The van der Waals surface area contributed by atoms with Gasteiger partial charge >= 0.3 is 0 Å². The second-order valence-electron chi connectivity index (χ2n) is 6.15. The topological polar surface area (TPSA) is 38.8 Å². The van der Waals surface area contributed by atoms with Crippen molar-refractivity contribution in [3.8, 4) is 11.5 Å². The van der Waals surface area contributed by atoms with E-state index in [0.29, 0.717) is 17.1 Å². The van der Waals surface area contributed by atoms with Crippen LogP contribution in [0.1, 0.15) is 32.4 Å². The number of amides is 1. The van der Waals surface area contributed by atoms with Crippen molar-refractivity contribution in [1.29, 1.82) is 0 Å². The molecular weight excluding hydrogens is 334 g/mol. The molecule has 0 saturated carbocycles. The molecule has 132 valence electrons. The first-order valence-corrected chi connectivity index (χ1v) is 9.31. The van der Waals surface area contributed by atoms with Crippen molar-refractivity contribution in [2.45, 2.75) is 19.2 Å². The molecule has 3 rings (SSSR count). The summed E-state index contributed by atoms with van der Waals surface area (Å²) in [6.45, 7) is 4.93. The van der Waals surface area contributed by atoms with Gasteiger partial charge in [-0.1, -0.05) is 23.8 Å². The molecule has 1 atom stereocenters. The fourth-order valence-corrected chi connectivity index (χ4v) is 4.52. The summed E-state index contributed by atoms with van der Waals surface area (Å²) in [7, 11) is 3.18. The second-order valence-corrected chi connectivity index (χ2v) is 7.34. The van der Waals surface area contributed by atoms with E-state index in [1.807, 2.05) is 16.7 Å². The summed E-state index contributed by atoms with van der Waals surface area (Å²) in [5, 5.41) is 0.0416. The van der Waals surface area contributed by atoms with Crippen LogP contribution in [0.25, 0.3) is 0 Å². The molecule has 2 aromatic carbocycles. The van der Waals surface area contributed by atoms with E-state index in [4.69, 9.17) is 9.47 Å². The summed E-state index contributed by atoms with van der Waals surface area (Å²) >= 11 is 1.81. The van der Waals surface area contributed by atoms with Gasteiger partial charge in [0.1, 0.15) is 16.9 Å². The van der Waals surface area contributed by atoms with Crippen LogP contribution in [0, 0.1) is 13.8 Å². The number of carbonyl (C=O) groups excluding carboxylic acids is 1. The first kappa shape index (κ1) is 17.7. The molecule has 0 spiro atoms. The van der Waals surface area contributed by atoms with Gasteiger partial charge < -0.3 is 14.4 Å². The number of thioether (sulfide) groups is 1. The number of carbonyl (C=O) groups is 1. The molecule has 4 nitrogen and oxygen atoms in total. The first-order valence-electron chi connectivity index (χ1n) is 8.27. The number of nitrogens with zero attached hydrogens (tertiary/aromatic N) is 1. The Labute approximate surface area is 153 Å². The number of ether oxygens (including phenoxy) is 2. The maximum absolute atomic E-state index is 13.2. The minimum Gasteiger partial charge on any atom is -0.497 e. The summed E-state index contributed by atoms with van der Waals surface area (Å²) in [5.41, 5.74) is 4.23. The minimum atomic E-state index is -0.00511. The largest absolute Gasteiger partial charge is 0.497 e. The van der Waals surface area contributed by atoms with Crippen LogP contribution in [0.15, 0.2) is 36.4 Å². The SMILES string of the molecule is COc1ccc(C(=O)N2CCS[C@H]2c2ccc(C)cc2C)c(OC)c1. The zero-order chi connectivity index (χ0) is 18.0. The molecule has 0 N–H and O–H groups in total. The van der Waals surface area contributed by atoms with E-state index >= 15 is 0 Å². The molecule has 25 heavy (non-hydrogen) atoms. The Morgan fingerprint density at radius 2 is 1.92 bits per heavy atom. The maximum atomic E-state index is 13.2. The minimum absolute atomic E-state index is 0.00511. The fraction of sp³-hybridized carbons (Fsp3) is 0.350. The number of hydrogen-bond donors (Lipinski definition) is 0. The fourth-order valence-electron chi connectivity index (χ4n) is 3.17. The molecule has 0 aliphatic carbocycles. The second kappa shape index (κ2) is 7.40. The van der Waals surface area contributed by atoms with Gasteiger partial charge in [-0.05, 0) is 37.1 Å². The van der Waals surface area contributed by atoms with Crippen molar-refractivity contribution in [1.82, 2.24) is 4.90 Å². The van der Waals surface area contributed by atoms with Crippen LogP contribution in [0.4, 0.5) is 0 Å². The monoisotopic (exact) mass is 357 g/mol. The van der Waals surface area contributed by atoms with E-state index < -0.39 is 0 Å². The number of aryl methyl sites for hydroxylation is 2. The Kier molecular flexibility index (Phi) is 5.23. The molecule has 1 amide bonds. The van der Waals surface area contributed by atoms with Gasteiger partial charge in [-0.3, -0.25) is 4.79 Å². The van der Waals surface area contributed by atoms with Crippen LogP contribution < -0.4 is 9.47 Å². The van der Waals surface area contributed by atoms with E-state index in [0.717, 1.165) is 12.3 Å². The Hall–Kier alpha value is -2.14. The normalized spacial score (nSPS) is 16.8. The van der Waals surface area contributed by atoms with Crippen LogP contribution in [0.3, 0.4) is 0 Å². The molecule has 0 radical (unpaired) electrons. The molecule has 1 fully saturated rings. The van der Waals surface area contributed by atoms with Crippen molar-refractivity contribution in [2.75, 3.05) is 26.5 Å². The smallest absolute Gasteiger partial charge is 0.258 e. The van der Waals surface area contributed by atoms with Gasteiger partial charge in [0, 0.05) is 18.4 Å². The molecule has 0 aromatic heterocycles. The highest BCUT2D eigenvalue weighted by molar-refractivity contribution is 7.99. The van der Waals surface area contributed by atoms with Gasteiger partial charge in [0.05, 0.1) is 19.8 Å². The predicted octanol–water partition coefficient (Wildman–Crippen LogP) is 4.21. The van der Waals surface area contributed by atoms with E-state index in [-0.39, 0.29) is 11.3 Å². The van der Waals surface area contributed by atoms with Crippen LogP contribution in [0.2, 0.25) is 0 Å². The lowest BCUT2D eigenvalue weighted by molar-refractivity contribution is 0.0756. The van der Waals surface area contributed by atoms with Gasteiger partial charge in [-0.15, -0.1) is 11.8 Å². The van der Waals surface area contributed by atoms with E-state index in [9.17, 15) is 4.79 Å². The summed E-state index contributed by atoms with van der Waals surface area (Å²) < 4.78 is 10.6. The Bertz CT molecular complexity index is 791. The number of rotatable bonds is 4. The lowest BCUT2D eigenvalue weighted by Crippen LogP contribution is -2.31. The van der Waals surface area contributed by atoms with Crippen LogP contribution >= 0.6 is 11.8 Å². The van der Waals surface area contributed by atoms with Crippen molar-refractivity contribution in [2.24, 2.45) is 0 Å². The quantitative estimate of drug-likeness (QED) is 0.822.